The molecular weight excluding hydrogens is 368 g/mol. The van der Waals surface area contributed by atoms with Crippen LogP contribution in [0.15, 0.2) is 91.0 Å². The Morgan fingerprint density at radius 1 is 0.833 bits per heavy atom. The second-order valence-electron chi connectivity index (χ2n) is 8.80. The van der Waals surface area contributed by atoms with Gasteiger partial charge < -0.3 is 5.73 Å². The molecule has 3 heteroatoms. The van der Waals surface area contributed by atoms with Gasteiger partial charge in [0.25, 0.3) is 0 Å². The van der Waals surface area contributed by atoms with Crippen molar-refractivity contribution in [3.05, 3.63) is 108 Å². The van der Waals surface area contributed by atoms with Crippen molar-refractivity contribution in [3.63, 3.8) is 0 Å². The van der Waals surface area contributed by atoms with E-state index in [0.29, 0.717) is 12.5 Å². The predicted molar refractivity (Wildman–Crippen MR) is 120 cm³/mol. The molecule has 152 valence electrons. The normalized spacial score (nSPS) is 23.9. The molecule has 1 heterocycles. The van der Waals surface area contributed by atoms with E-state index in [1.54, 1.807) is 0 Å². The van der Waals surface area contributed by atoms with Gasteiger partial charge in [-0.2, -0.15) is 0 Å². The number of nitrogens with two attached hydrogens (primary N) is 1. The third kappa shape index (κ3) is 2.73. The lowest BCUT2D eigenvalue weighted by Crippen LogP contribution is -2.49. The maximum atomic E-state index is 12.7. The van der Waals surface area contributed by atoms with Crippen LogP contribution >= 0.6 is 0 Å². The van der Waals surface area contributed by atoms with E-state index in [2.05, 4.69) is 95.9 Å². The highest BCUT2D eigenvalue weighted by Crippen LogP contribution is 2.54. The minimum Gasteiger partial charge on any atom is -0.369 e. The predicted octanol–water partition coefficient (Wildman–Crippen LogP) is 4.57. The number of fused-ring (bicyclic) bond motifs is 1. The van der Waals surface area contributed by atoms with Crippen LogP contribution in [0.2, 0.25) is 0 Å². The van der Waals surface area contributed by atoms with E-state index in [1.807, 2.05) is 0 Å². The molecule has 3 aromatic rings. The van der Waals surface area contributed by atoms with Gasteiger partial charge in [0, 0.05) is 13.1 Å². The first-order valence-electron chi connectivity index (χ1n) is 10.9. The molecule has 1 aliphatic carbocycles. The molecule has 0 aromatic heterocycles. The van der Waals surface area contributed by atoms with Gasteiger partial charge in [-0.1, -0.05) is 97.4 Å². The van der Waals surface area contributed by atoms with Crippen LogP contribution in [-0.2, 0) is 10.3 Å². The number of hydrogen-bond acceptors (Lipinski definition) is 2. The molecule has 2 N–H and O–H groups in total. The van der Waals surface area contributed by atoms with Crippen LogP contribution < -0.4 is 5.73 Å². The number of carbonyl (C=O) groups excluding carboxylic acids is 1. The zero-order valence-electron chi connectivity index (χ0n) is 17.2. The second-order valence-corrected chi connectivity index (χ2v) is 8.80. The number of hydrogen-bond donors (Lipinski definition) is 1. The summed E-state index contributed by atoms with van der Waals surface area (Å²) in [6.07, 6.45) is 3.07. The number of benzene rings is 3. The van der Waals surface area contributed by atoms with Crippen molar-refractivity contribution < 1.29 is 4.79 Å². The largest absolute Gasteiger partial charge is 0.369 e. The summed E-state index contributed by atoms with van der Waals surface area (Å²) in [6, 6.07) is 32.1. The zero-order chi connectivity index (χ0) is 20.6. The lowest BCUT2D eigenvalue weighted by molar-refractivity contribution is -0.128. The van der Waals surface area contributed by atoms with Crippen LogP contribution in [0.3, 0.4) is 0 Å². The highest BCUT2D eigenvalue weighted by molar-refractivity contribution is 5.82. The first kappa shape index (κ1) is 19.1. The quantitative estimate of drug-likeness (QED) is 0.643. The highest BCUT2D eigenvalue weighted by Gasteiger charge is 2.58. The Morgan fingerprint density at radius 2 is 1.30 bits per heavy atom. The number of amides is 1. The van der Waals surface area contributed by atoms with Crippen molar-refractivity contribution in [2.24, 2.45) is 17.1 Å². The average molecular weight is 397 g/mol. The van der Waals surface area contributed by atoms with Crippen molar-refractivity contribution in [2.45, 2.75) is 24.8 Å². The van der Waals surface area contributed by atoms with Crippen molar-refractivity contribution in [1.29, 1.82) is 0 Å². The minimum atomic E-state index is -0.462. The Kier molecular flexibility index (Phi) is 4.71. The van der Waals surface area contributed by atoms with Gasteiger partial charge in [0.15, 0.2) is 0 Å². The number of likely N-dealkylation sites (tertiary alicyclic amines) is 1. The summed E-state index contributed by atoms with van der Waals surface area (Å²) in [5, 5.41) is 0. The smallest absolute Gasteiger partial charge is 0.225 e. The van der Waals surface area contributed by atoms with Crippen molar-refractivity contribution in [2.75, 3.05) is 13.1 Å². The number of nitrogens with zero attached hydrogens (tertiary/aromatic N) is 1. The number of primary amides is 1. The molecule has 0 spiro atoms. The molecule has 1 saturated heterocycles. The summed E-state index contributed by atoms with van der Waals surface area (Å²) in [5.41, 5.74) is 8.83. The Balaban J connectivity index is 1.76. The summed E-state index contributed by atoms with van der Waals surface area (Å²) >= 11 is 0. The average Bonchev–Trinajstić information content (AvgIpc) is 3.36. The monoisotopic (exact) mass is 396 g/mol. The van der Waals surface area contributed by atoms with E-state index in [-0.39, 0.29) is 5.91 Å². The van der Waals surface area contributed by atoms with Gasteiger partial charge in [-0.25, -0.2) is 0 Å². The molecule has 1 aliphatic heterocycles. The summed E-state index contributed by atoms with van der Waals surface area (Å²) < 4.78 is 0. The Bertz CT molecular complexity index is 922. The molecule has 1 saturated carbocycles. The fourth-order valence-electron chi connectivity index (χ4n) is 6.03. The third-order valence-electron chi connectivity index (χ3n) is 7.41. The van der Waals surface area contributed by atoms with Crippen molar-refractivity contribution >= 4 is 5.91 Å². The molecule has 0 unspecified atom stereocenters. The van der Waals surface area contributed by atoms with Gasteiger partial charge in [-0.3, -0.25) is 9.69 Å². The van der Waals surface area contributed by atoms with Crippen LogP contribution in [0.4, 0.5) is 0 Å². The molecule has 2 aliphatic rings. The lowest BCUT2D eigenvalue weighted by atomic mass is 9.75. The van der Waals surface area contributed by atoms with Gasteiger partial charge in [-0.05, 0) is 35.4 Å². The van der Waals surface area contributed by atoms with Crippen molar-refractivity contribution in [1.82, 2.24) is 4.90 Å². The molecular formula is C27H28N2O. The van der Waals surface area contributed by atoms with E-state index in [9.17, 15) is 4.79 Å². The molecule has 3 aromatic carbocycles. The van der Waals surface area contributed by atoms with Crippen LogP contribution in [0, 0.1) is 11.3 Å². The summed E-state index contributed by atoms with van der Waals surface area (Å²) in [4.78, 5) is 15.2. The van der Waals surface area contributed by atoms with Crippen molar-refractivity contribution in [3.8, 4) is 0 Å². The Morgan fingerprint density at radius 3 is 1.70 bits per heavy atom. The number of carbonyl (C=O) groups is 1. The number of rotatable bonds is 5. The molecule has 0 radical (unpaired) electrons. The molecule has 2 atom stereocenters. The fourth-order valence-corrected chi connectivity index (χ4v) is 6.03. The fraction of sp³-hybridized carbons (Fsp3) is 0.296. The van der Waals surface area contributed by atoms with Gasteiger partial charge >= 0.3 is 0 Å². The van der Waals surface area contributed by atoms with Gasteiger partial charge in [0.05, 0.1) is 11.0 Å². The van der Waals surface area contributed by atoms with E-state index < -0.39 is 11.0 Å². The second kappa shape index (κ2) is 7.41. The van der Waals surface area contributed by atoms with Crippen LogP contribution in [-0.4, -0.2) is 23.9 Å². The Hall–Kier alpha value is -2.91. The van der Waals surface area contributed by atoms with Gasteiger partial charge in [0.1, 0.15) is 0 Å². The van der Waals surface area contributed by atoms with Gasteiger partial charge in [-0.15, -0.1) is 0 Å². The lowest BCUT2D eigenvalue weighted by Gasteiger charge is -2.44. The van der Waals surface area contributed by atoms with E-state index >= 15 is 0 Å². The molecule has 5 rings (SSSR count). The van der Waals surface area contributed by atoms with E-state index in [1.165, 1.54) is 16.7 Å². The third-order valence-corrected chi connectivity index (χ3v) is 7.41. The Labute approximate surface area is 178 Å². The topological polar surface area (TPSA) is 46.3 Å². The van der Waals surface area contributed by atoms with Crippen LogP contribution in [0.5, 0.6) is 0 Å². The summed E-state index contributed by atoms with van der Waals surface area (Å²) in [6.45, 7) is 1.58. The summed E-state index contributed by atoms with van der Waals surface area (Å²) in [7, 11) is 0. The van der Waals surface area contributed by atoms with E-state index in [0.717, 1.165) is 25.8 Å². The zero-order valence-corrected chi connectivity index (χ0v) is 17.2. The molecule has 0 bridgehead atoms. The molecule has 3 nitrogen and oxygen atoms in total. The van der Waals surface area contributed by atoms with E-state index in [4.69, 9.17) is 5.73 Å². The SMILES string of the molecule is NC(=O)[C@]12CCC[C@@H]1CN(C(c1ccccc1)(c1ccccc1)c1ccccc1)C2. The highest BCUT2D eigenvalue weighted by atomic mass is 16.1. The van der Waals surface area contributed by atoms with Gasteiger partial charge in [0.2, 0.25) is 5.91 Å². The molecule has 2 fully saturated rings. The standard InChI is InChI=1S/C27H28N2O/c28-25(30)26-18-10-17-24(26)19-29(20-26)27(21-11-4-1-5-12-21,22-13-6-2-7-14-22)23-15-8-3-9-16-23/h1-9,11-16,24H,10,17-20H2,(H2,28,30)/t24-,26+/m1/s1. The minimum absolute atomic E-state index is 0.129. The maximum absolute atomic E-state index is 12.7. The van der Waals surface area contributed by atoms with Crippen LogP contribution in [0.1, 0.15) is 36.0 Å². The molecule has 30 heavy (non-hydrogen) atoms. The first-order valence-corrected chi connectivity index (χ1v) is 10.9. The molecule has 1 amide bonds. The summed E-state index contributed by atoms with van der Waals surface area (Å²) in [5.74, 6) is 0.195. The first-order chi connectivity index (χ1) is 14.7. The maximum Gasteiger partial charge on any atom is 0.225 e. The van der Waals surface area contributed by atoms with Crippen LogP contribution in [0.25, 0.3) is 0 Å².